The number of nitrogens with two attached hydrogens (primary N) is 1. The first-order chi connectivity index (χ1) is 9.65. The number of hydrogen-bond acceptors (Lipinski definition) is 4. The van der Waals surface area contributed by atoms with Crippen LogP contribution in [0.15, 0.2) is 18.2 Å². The van der Waals surface area contributed by atoms with Crippen LogP contribution in [0.4, 0.5) is 0 Å². The first kappa shape index (κ1) is 14.4. The van der Waals surface area contributed by atoms with Crippen LogP contribution >= 0.6 is 0 Å². The summed E-state index contributed by atoms with van der Waals surface area (Å²) >= 11 is 0. The van der Waals surface area contributed by atoms with E-state index in [1.54, 1.807) is 0 Å². The van der Waals surface area contributed by atoms with Crippen molar-refractivity contribution in [1.29, 1.82) is 0 Å². The largest absolute Gasteiger partial charge is 0.348 e. The highest BCUT2D eigenvalue weighted by molar-refractivity contribution is 5.93. The molecule has 3 N–H and O–H groups in total. The molecule has 5 nitrogen and oxygen atoms in total. The van der Waals surface area contributed by atoms with Gasteiger partial charge in [-0.3, -0.25) is 4.79 Å². The summed E-state index contributed by atoms with van der Waals surface area (Å²) in [7, 11) is 0. The van der Waals surface area contributed by atoms with Crippen LogP contribution in [-0.2, 0) is 6.42 Å². The van der Waals surface area contributed by atoms with Crippen LogP contribution in [0.2, 0.25) is 0 Å². The van der Waals surface area contributed by atoms with Crippen molar-refractivity contribution in [3.63, 3.8) is 0 Å². The maximum Gasteiger partial charge on any atom is 0.289 e. The highest BCUT2D eigenvalue weighted by atomic mass is 16.2. The average Bonchev–Trinajstić information content (AvgIpc) is 2.45. The summed E-state index contributed by atoms with van der Waals surface area (Å²) in [6, 6.07) is 6.00. The molecule has 20 heavy (non-hydrogen) atoms. The van der Waals surface area contributed by atoms with E-state index in [1.807, 2.05) is 19.1 Å². The van der Waals surface area contributed by atoms with Crippen LogP contribution in [0.5, 0.6) is 0 Å². The first-order valence-electron chi connectivity index (χ1n) is 6.91. The topological polar surface area (TPSA) is 80.9 Å². The van der Waals surface area contributed by atoms with Crippen molar-refractivity contribution < 1.29 is 4.79 Å². The number of carbonyl (C=O) groups excluding carboxylic acids is 1. The second-order valence-electron chi connectivity index (χ2n) is 4.81. The molecule has 0 aliphatic heterocycles. The lowest BCUT2D eigenvalue weighted by Crippen LogP contribution is -2.30. The van der Waals surface area contributed by atoms with E-state index in [1.165, 1.54) is 5.56 Å². The Bertz CT molecular complexity index is 625. The lowest BCUT2D eigenvalue weighted by atomic mass is 10.1. The van der Waals surface area contributed by atoms with E-state index in [2.05, 4.69) is 28.3 Å². The van der Waals surface area contributed by atoms with E-state index < -0.39 is 0 Å². The van der Waals surface area contributed by atoms with Crippen molar-refractivity contribution in [2.24, 2.45) is 5.73 Å². The number of nitrogens with zero attached hydrogens (tertiary/aromatic N) is 2. The minimum absolute atomic E-state index is 0.221. The van der Waals surface area contributed by atoms with Crippen molar-refractivity contribution in [3.8, 4) is 0 Å². The summed E-state index contributed by atoms with van der Waals surface area (Å²) in [6.07, 6.45) is 1.81. The van der Waals surface area contributed by atoms with Gasteiger partial charge in [-0.25, -0.2) is 9.97 Å². The fourth-order valence-corrected chi connectivity index (χ4v) is 2.10. The van der Waals surface area contributed by atoms with E-state index in [0.717, 1.165) is 29.4 Å². The zero-order valence-electron chi connectivity index (χ0n) is 11.9. The van der Waals surface area contributed by atoms with Crippen LogP contribution in [0, 0.1) is 6.92 Å². The van der Waals surface area contributed by atoms with Gasteiger partial charge in [-0.05, 0) is 25.5 Å². The Hall–Kier alpha value is -2.01. The highest BCUT2D eigenvalue weighted by Crippen LogP contribution is 2.19. The van der Waals surface area contributed by atoms with Gasteiger partial charge >= 0.3 is 0 Å². The molecule has 0 aliphatic carbocycles. The van der Waals surface area contributed by atoms with Crippen LogP contribution in [0.3, 0.4) is 0 Å². The highest BCUT2D eigenvalue weighted by Gasteiger charge is 2.13. The van der Waals surface area contributed by atoms with E-state index in [0.29, 0.717) is 13.1 Å². The third-order valence-electron chi connectivity index (χ3n) is 3.05. The molecule has 0 radical (unpaired) electrons. The van der Waals surface area contributed by atoms with Gasteiger partial charge in [0.2, 0.25) is 5.82 Å². The van der Waals surface area contributed by atoms with Crippen molar-refractivity contribution in [2.45, 2.75) is 26.7 Å². The molecule has 2 aromatic rings. The number of hydrogen-bond donors (Lipinski definition) is 2. The maximum atomic E-state index is 12.0. The number of carbonyl (C=O) groups is 1. The normalized spacial score (nSPS) is 10.8. The summed E-state index contributed by atoms with van der Waals surface area (Å²) in [5, 5.41) is 3.73. The number of aryl methyl sites for hydroxylation is 2. The second kappa shape index (κ2) is 6.43. The molecule has 1 aromatic carbocycles. The molecule has 5 heteroatoms. The predicted octanol–water partition coefficient (Wildman–Crippen LogP) is 1.58. The molecule has 0 atom stereocenters. The van der Waals surface area contributed by atoms with Crippen LogP contribution < -0.4 is 11.1 Å². The molecule has 2 rings (SSSR count). The van der Waals surface area contributed by atoms with Gasteiger partial charge in [0.05, 0.1) is 11.2 Å². The molecule has 106 valence electrons. The zero-order valence-corrected chi connectivity index (χ0v) is 11.9. The summed E-state index contributed by atoms with van der Waals surface area (Å²) < 4.78 is 0. The molecule has 0 unspecified atom stereocenters. The molecule has 0 spiro atoms. The Morgan fingerprint density at radius 2 is 2.15 bits per heavy atom. The maximum absolute atomic E-state index is 12.0. The Kier molecular flexibility index (Phi) is 4.63. The summed E-state index contributed by atoms with van der Waals surface area (Å²) in [5.41, 5.74) is 8.29. The van der Waals surface area contributed by atoms with Gasteiger partial charge in [0.15, 0.2) is 0 Å². The summed E-state index contributed by atoms with van der Waals surface area (Å²) in [6.45, 7) is 4.96. The fraction of sp³-hybridized carbons (Fsp3) is 0.400. The van der Waals surface area contributed by atoms with Gasteiger partial charge in [-0.1, -0.05) is 25.0 Å². The summed E-state index contributed by atoms with van der Waals surface area (Å²) in [4.78, 5) is 20.7. The van der Waals surface area contributed by atoms with Gasteiger partial charge in [-0.15, -0.1) is 0 Å². The third-order valence-corrected chi connectivity index (χ3v) is 3.05. The average molecular weight is 272 g/mol. The quantitative estimate of drug-likeness (QED) is 0.866. The number of nitrogens with one attached hydrogen (secondary N) is 1. The smallest absolute Gasteiger partial charge is 0.289 e. The Balaban J connectivity index is 2.47. The van der Waals surface area contributed by atoms with Gasteiger partial charge < -0.3 is 11.1 Å². The van der Waals surface area contributed by atoms with Gasteiger partial charge in [0, 0.05) is 18.5 Å². The van der Waals surface area contributed by atoms with E-state index >= 15 is 0 Å². The van der Waals surface area contributed by atoms with Gasteiger partial charge in [-0.2, -0.15) is 0 Å². The SMILES string of the molecule is CCCc1nc(C(=O)NCCN)nc2ccc(C)cc12. The van der Waals surface area contributed by atoms with Crippen molar-refractivity contribution >= 4 is 16.8 Å². The number of fused-ring (bicyclic) bond motifs is 1. The van der Waals surface area contributed by atoms with Crippen molar-refractivity contribution in [1.82, 2.24) is 15.3 Å². The van der Waals surface area contributed by atoms with Crippen LogP contribution in [0.25, 0.3) is 10.9 Å². The zero-order chi connectivity index (χ0) is 14.5. The van der Waals surface area contributed by atoms with Gasteiger partial charge in [0.1, 0.15) is 0 Å². The standard InChI is InChI=1S/C15H20N4O/c1-3-4-12-11-9-10(2)5-6-13(11)19-14(18-12)15(20)17-8-7-16/h5-6,9H,3-4,7-8,16H2,1-2H3,(H,17,20). The monoisotopic (exact) mass is 272 g/mol. The molecule has 0 aliphatic rings. The molecule has 1 heterocycles. The van der Waals surface area contributed by atoms with Crippen LogP contribution in [0.1, 0.15) is 35.2 Å². The van der Waals surface area contributed by atoms with Crippen LogP contribution in [-0.4, -0.2) is 29.0 Å². The predicted molar refractivity (Wildman–Crippen MR) is 79.7 cm³/mol. The third kappa shape index (κ3) is 3.11. The molecule has 0 bridgehead atoms. The molecule has 1 aromatic heterocycles. The number of aromatic nitrogens is 2. The molecule has 0 saturated carbocycles. The number of rotatable bonds is 5. The second-order valence-corrected chi connectivity index (χ2v) is 4.81. The fourth-order valence-electron chi connectivity index (χ4n) is 2.10. The van der Waals surface area contributed by atoms with E-state index in [-0.39, 0.29) is 11.7 Å². The van der Waals surface area contributed by atoms with E-state index in [4.69, 9.17) is 5.73 Å². The van der Waals surface area contributed by atoms with Gasteiger partial charge in [0.25, 0.3) is 5.91 Å². The Labute approximate surface area is 118 Å². The number of benzene rings is 1. The lowest BCUT2D eigenvalue weighted by Gasteiger charge is -2.09. The minimum atomic E-state index is -0.268. The molecule has 0 fully saturated rings. The molecular formula is C15H20N4O. The first-order valence-corrected chi connectivity index (χ1v) is 6.91. The Morgan fingerprint density at radius 1 is 1.35 bits per heavy atom. The summed E-state index contributed by atoms with van der Waals surface area (Å²) in [5.74, 6) is -0.0477. The molecule has 0 saturated heterocycles. The van der Waals surface area contributed by atoms with Crippen molar-refractivity contribution in [3.05, 3.63) is 35.3 Å². The minimum Gasteiger partial charge on any atom is -0.348 e. The molecular weight excluding hydrogens is 252 g/mol. The van der Waals surface area contributed by atoms with Crippen molar-refractivity contribution in [2.75, 3.05) is 13.1 Å². The van der Waals surface area contributed by atoms with E-state index in [9.17, 15) is 4.79 Å². The lowest BCUT2D eigenvalue weighted by molar-refractivity contribution is 0.0944. The molecule has 1 amide bonds. The Morgan fingerprint density at radius 3 is 2.85 bits per heavy atom. The number of amides is 1.